The van der Waals surface area contributed by atoms with Crippen LogP contribution in [0.25, 0.3) is 11.3 Å². The number of methoxy groups -OCH3 is 1. The molecule has 1 N–H and O–H groups in total. The van der Waals surface area contributed by atoms with Crippen LogP contribution < -0.4 is 19.5 Å². The second-order valence-electron chi connectivity index (χ2n) is 6.17. The highest BCUT2D eigenvalue weighted by molar-refractivity contribution is 6.37. The van der Waals surface area contributed by atoms with Crippen LogP contribution >= 0.6 is 23.2 Å². The van der Waals surface area contributed by atoms with Gasteiger partial charge in [0.15, 0.2) is 12.4 Å². The number of nitrogens with zero attached hydrogens (tertiary/aromatic N) is 2. The normalized spacial score (nSPS) is 10.5. The predicted molar refractivity (Wildman–Crippen MR) is 114 cm³/mol. The van der Waals surface area contributed by atoms with Crippen LogP contribution in [0.3, 0.4) is 0 Å². The van der Waals surface area contributed by atoms with Crippen LogP contribution in [0.5, 0.6) is 17.4 Å². The molecule has 0 atom stereocenters. The maximum absolute atomic E-state index is 13.2. The molecule has 1 aromatic heterocycles. The van der Waals surface area contributed by atoms with Crippen molar-refractivity contribution in [1.29, 1.82) is 0 Å². The Kier molecular flexibility index (Phi) is 7.86. The van der Waals surface area contributed by atoms with Gasteiger partial charge in [-0.15, -0.1) is 10.2 Å². The molecule has 0 fully saturated rings. The van der Waals surface area contributed by atoms with E-state index in [0.29, 0.717) is 11.6 Å². The van der Waals surface area contributed by atoms with E-state index in [9.17, 15) is 9.18 Å². The van der Waals surface area contributed by atoms with Crippen LogP contribution in [-0.2, 0) is 4.79 Å². The summed E-state index contributed by atoms with van der Waals surface area (Å²) >= 11 is 11.7. The van der Waals surface area contributed by atoms with Crippen molar-refractivity contribution in [3.8, 4) is 28.6 Å². The Morgan fingerprint density at radius 3 is 2.35 bits per heavy atom. The molecule has 1 amide bonds. The van der Waals surface area contributed by atoms with Gasteiger partial charge in [0.1, 0.15) is 18.2 Å². The van der Waals surface area contributed by atoms with Gasteiger partial charge in [0.2, 0.25) is 5.88 Å². The summed E-state index contributed by atoms with van der Waals surface area (Å²) in [7, 11) is 1.60. The van der Waals surface area contributed by atoms with Crippen LogP contribution in [0.4, 0.5) is 4.39 Å². The molecule has 3 rings (SSSR count). The number of hydrogen-bond acceptors (Lipinski definition) is 6. The van der Waals surface area contributed by atoms with Gasteiger partial charge in [-0.2, -0.15) is 0 Å². The van der Waals surface area contributed by atoms with Crippen LogP contribution in [0.15, 0.2) is 48.5 Å². The third kappa shape index (κ3) is 6.44. The molecule has 2 aromatic carbocycles. The zero-order chi connectivity index (χ0) is 22.2. The van der Waals surface area contributed by atoms with Gasteiger partial charge in [-0.05, 0) is 42.5 Å². The van der Waals surface area contributed by atoms with E-state index in [1.54, 1.807) is 19.2 Å². The molecule has 0 unspecified atom stereocenters. The molecular weight excluding hydrogens is 448 g/mol. The Morgan fingerprint density at radius 2 is 1.74 bits per heavy atom. The summed E-state index contributed by atoms with van der Waals surface area (Å²) in [5.74, 6) is 0.119. The van der Waals surface area contributed by atoms with Crippen molar-refractivity contribution in [2.75, 3.05) is 26.9 Å². The lowest BCUT2D eigenvalue weighted by Crippen LogP contribution is -2.32. The largest absolute Gasteiger partial charge is 0.497 e. The van der Waals surface area contributed by atoms with E-state index in [0.717, 1.165) is 23.4 Å². The van der Waals surface area contributed by atoms with Gasteiger partial charge < -0.3 is 19.5 Å². The van der Waals surface area contributed by atoms with Crippen molar-refractivity contribution in [2.45, 2.75) is 0 Å². The Balaban J connectivity index is 1.40. The molecule has 3 aromatic rings. The molecule has 0 saturated carbocycles. The molecule has 0 aliphatic carbocycles. The second-order valence-corrected chi connectivity index (χ2v) is 6.99. The van der Waals surface area contributed by atoms with E-state index in [-0.39, 0.29) is 35.6 Å². The minimum absolute atomic E-state index is 0.0159. The summed E-state index contributed by atoms with van der Waals surface area (Å²) in [6.45, 7) is 0.0663. The Labute approximate surface area is 188 Å². The number of halogens is 3. The second kappa shape index (κ2) is 10.8. The Bertz CT molecular complexity index is 1010. The SMILES string of the molecule is COc1ccc(-c2ccc(OCCNC(=O)COc3c(Cl)cc(F)cc3Cl)nn2)cc1. The first-order valence-electron chi connectivity index (χ1n) is 9.11. The third-order valence-electron chi connectivity index (χ3n) is 4.01. The molecule has 162 valence electrons. The number of nitrogens with one attached hydrogen (secondary N) is 1. The average Bonchev–Trinajstić information content (AvgIpc) is 2.76. The number of rotatable bonds is 9. The highest BCUT2D eigenvalue weighted by Crippen LogP contribution is 2.33. The summed E-state index contributed by atoms with van der Waals surface area (Å²) in [6.07, 6.45) is 0. The predicted octanol–water partition coefficient (Wildman–Crippen LogP) is 4.17. The molecule has 1 heterocycles. The number of aromatic nitrogens is 2. The van der Waals surface area contributed by atoms with Crippen LogP contribution in [-0.4, -0.2) is 43.0 Å². The number of hydrogen-bond donors (Lipinski definition) is 1. The molecular formula is C21H18Cl2FN3O4. The molecule has 0 saturated heterocycles. The smallest absolute Gasteiger partial charge is 0.258 e. The quantitative estimate of drug-likeness (QED) is 0.477. The lowest BCUT2D eigenvalue weighted by molar-refractivity contribution is -0.123. The third-order valence-corrected chi connectivity index (χ3v) is 4.57. The highest BCUT2D eigenvalue weighted by atomic mass is 35.5. The summed E-state index contributed by atoms with van der Waals surface area (Å²) in [4.78, 5) is 11.9. The van der Waals surface area contributed by atoms with Crippen LogP contribution in [0, 0.1) is 5.82 Å². The number of carbonyl (C=O) groups is 1. The number of carbonyl (C=O) groups excluding carboxylic acids is 1. The van der Waals surface area contributed by atoms with E-state index in [4.69, 9.17) is 37.4 Å². The highest BCUT2D eigenvalue weighted by Gasteiger charge is 2.12. The molecule has 0 aliphatic heterocycles. The lowest BCUT2D eigenvalue weighted by atomic mass is 10.1. The first-order valence-corrected chi connectivity index (χ1v) is 9.87. The fourth-order valence-corrected chi connectivity index (χ4v) is 3.08. The zero-order valence-electron chi connectivity index (χ0n) is 16.4. The van der Waals surface area contributed by atoms with Crippen LogP contribution in [0.1, 0.15) is 0 Å². The molecule has 7 nitrogen and oxygen atoms in total. The first-order chi connectivity index (χ1) is 15.0. The van der Waals surface area contributed by atoms with Crippen molar-refractivity contribution >= 4 is 29.1 Å². The summed E-state index contributed by atoms with van der Waals surface area (Å²) in [5, 5.41) is 10.7. The van der Waals surface area contributed by atoms with Crippen LogP contribution in [0.2, 0.25) is 10.0 Å². The number of ether oxygens (including phenoxy) is 3. The Hall–Kier alpha value is -3.10. The van der Waals surface area contributed by atoms with Gasteiger partial charge in [0, 0.05) is 11.6 Å². The molecule has 0 aliphatic rings. The molecule has 0 spiro atoms. The molecule has 0 bridgehead atoms. The van der Waals surface area contributed by atoms with E-state index >= 15 is 0 Å². The van der Waals surface area contributed by atoms with Crippen molar-refractivity contribution in [2.24, 2.45) is 0 Å². The standard InChI is InChI=1S/C21H18Cl2FN3O4/c1-29-15-4-2-13(3-5-15)18-6-7-20(27-26-18)30-9-8-25-19(28)12-31-21-16(22)10-14(24)11-17(21)23/h2-7,10-11H,8-9,12H2,1H3,(H,25,28). The Morgan fingerprint density at radius 1 is 1.03 bits per heavy atom. The lowest BCUT2D eigenvalue weighted by Gasteiger charge is -2.11. The van der Waals surface area contributed by atoms with Gasteiger partial charge in [-0.1, -0.05) is 23.2 Å². The van der Waals surface area contributed by atoms with Gasteiger partial charge in [-0.3, -0.25) is 4.79 Å². The topological polar surface area (TPSA) is 82.6 Å². The van der Waals surface area contributed by atoms with E-state index in [1.807, 2.05) is 24.3 Å². The van der Waals surface area contributed by atoms with Gasteiger partial charge in [0.25, 0.3) is 5.91 Å². The maximum atomic E-state index is 13.2. The minimum atomic E-state index is -0.593. The van der Waals surface area contributed by atoms with Gasteiger partial charge in [0.05, 0.1) is 29.4 Å². The zero-order valence-corrected chi connectivity index (χ0v) is 17.9. The van der Waals surface area contributed by atoms with E-state index in [2.05, 4.69) is 15.5 Å². The maximum Gasteiger partial charge on any atom is 0.258 e. The summed E-state index contributed by atoms with van der Waals surface area (Å²) in [5.41, 5.74) is 1.59. The monoisotopic (exact) mass is 465 g/mol. The van der Waals surface area contributed by atoms with Gasteiger partial charge >= 0.3 is 0 Å². The van der Waals surface area contributed by atoms with E-state index < -0.39 is 11.7 Å². The van der Waals surface area contributed by atoms with Crippen molar-refractivity contribution in [3.05, 3.63) is 64.4 Å². The van der Waals surface area contributed by atoms with Gasteiger partial charge in [-0.25, -0.2) is 4.39 Å². The fourth-order valence-electron chi connectivity index (χ4n) is 2.51. The molecule has 31 heavy (non-hydrogen) atoms. The van der Waals surface area contributed by atoms with Crippen molar-refractivity contribution < 1.29 is 23.4 Å². The molecule has 0 radical (unpaired) electrons. The van der Waals surface area contributed by atoms with E-state index in [1.165, 1.54) is 0 Å². The first kappa shape index (κ1) is 22.6. The number of amides is 1. The summed E-state index contributed by atoms with van der Waals surface area (Å²) < 4.78 is 29.0. The molecule has 10 heteroatoms. The summed E-state index contributed by atoms with van der Waals surface area (Å²) in [6, 6.07) is 13.0. The average molecular weight is 466 g/mol. The number of benzene rings is 2. The fraction of sp³-hybridized carbons (Fsp3) is 0.190. The van der Waals surface area contributed by atoms with Crippen molar-refractivity contribution in [3.63, 3.8) is 0 Å². The minimum Gasteiger partial charge on any atom is -0.497 e. The van der Waals surface area contributed by atoms with Crippen molar-refractivity contribution in [1.82, 2.24) is 15.5 Å².